The summed E-state index contributed by atoms with van der Waals surface area (Å²) in [5.74, 6) is -0.630. The predicted octanol–water partition coefficient (Wildman–Crippen LogP) is 2.78. The number of nitrogens with one attached hydrogen (secondary N) is 1. The summed E-state index contributed by atoms with van der Waals surface area (Å²) in [6.45, 7) is 6.99. The largest absolute Gasteiger partial charge is 0.354 e. The summed E-state index contributed by atoms with van der Waals surface area (Å²) in [5.41, 5.74) is 0.379. The SMILES string of the molecule is CC(C)(CNC(=O)CCC(=O)c1ccc(F)cc1)N1CCCC1. The van der Waals surface area contributed by atoms with Gasteiger partial charge in [-0.3, -0.25) is 14.5 Å². The highest BCUT2D eigenvalue weighted by atomic mass is 19.1. The highest BCUT2D eigenvalue weighted by Gasteiger charge is 2.29. The van der Waals surface area contributed by atoms with E-state index in [1.165, 1.54) is 37.1 Å². The van der Waals surface area contributed by atoms with E-state index in [9.17, 15) is 14.0 Å². The number of benzene rings is 1. The highest BCUT2D eigenvalue weighted by Crippen LogP contribution is 2.20. The van der Waals surface area contributed by atoms with Crippen molar-refractivity contribution in [3.8, 4) is 0 Å². The first-order valence-corrected chi connectivity index (χ1v) is 8.19. The Kier molecular flexibility index (Phi) is 5.88. The zero-order valence-corrected chi connectivity index (χ0v) is 13.9. The average Bonchev–Trinajstić information content (AvgIpc) is 3.06. The van der Waals surface area contributed by atoms with Gasteiger partial charge in [0, 0.05) is 30.5 Å². The number of likely N-dealkylation sites (tertiary alicyclic amines) is 1. The lowest BCUT2D eigenvalue weighted by Crippen LogP contribution is -2.50. The Morgan fingerprint density at radius 3 is 2.35 bits per heavy atom. The Balaban J connectivity index is 1.74. The van der Waals surface area contributed by atoms with Gasteiger partial charge >= 0.3 is 0 Å². The molecule has 2 rings (SSSR count). The van der Waals surface area contributed by atoms with E-state index in [2.05, 4.69) is 24.1 Å². The summed E-state index contributed by atoms with van der Waals surface area (Å²) < 4.78 is 12.8. The van der Waals surface area contributed by atoms with Crippen LogP contribution in [-0.2, 0) is 4.79 Å². The molecule has 0 aromatic heterocycles. The molecule has 23 heavy (non-hydrogen) atoms. The molecule has 1 amide bonds. The summed E-state index contributed by atoms with van der Waals surface area (Å²) >= 11 is 0. The topological polar surface area (TPSA) is 49.4 Å². The van der Waals surface area contributed by atoms with Gasteiger partial charge < -0.3 is 5.32 Å². The Hall–Kier alpha value is -1.75. The minimum Gasteiger partial charge on any atom is -0.354 e. The average molecular weight is 320 g/mol. The fraction of sp³-hybridized carbons (Fsp3) is 0.556. The molecule has 1 aliphatic heterocycles. The minimum absolute atomic E-state index is 0.0624. The molecule has 0 spiro atoms. The monoisotopic (exact) mass is 320 g/mol. The third-order valence-electron chi connectivity index (χ3n) is 4.43. The zero-order chi connectivity index (χ0) is 16.9. The van der Waals surface area contributed by atoms with Crippen LogP contribution in [0.15, 0.2) is 24.3 Å². The second-order valence-electron chi connectivity index (χ2n) is 6.71. The number of carbonyl (C=O) groups is 2. The van der Waals surface area contributed by atoms with Gasteiger partial charge in [-0.1, -0.05) is 0 Å². The van der Waals surface area contributed by atoms with Crippen LogP contribution in [0.4, 0.5) is 4.39 Å². The molecule has 0 bridgehead atoms. The molecule has 0 saturated carbocycles. The lowest BCUT2D eigenvalue weighted by atomic mass is 10.0. The lowest BCUT2D eigenvalue weighted by molar-refractivity contribution is -0.121. The number of ketones is 1. The van der Waals surface area contributed by atoms with Crippen molar-refractivity contribution in [2.45, 2.75) is 45.1 Å². The Bertz CT molecular complexity index is 549. The van der Waals surface area contributed by atoms with Gasteiger partial charge in [0.05, 0.1) is 0 Å². The number of rotatable bonds is 7. The number of hydrogen-bond acceptors (Lipinski definition) is 3. The molecule has 1 aromatic rings. The summed E-state index contributed by atoms with van der Waals surface area (Å²) in [4.78, 5) is 26.3. The maximum absolute atomic E-state index is 12.8. The van der Waals surface area contributed by atoms with E-state index in [1.54, 1.807) is 0 Å². The fourth-order valence-corrected chi connectivity index (χ4v) is 2.84. The molecule has 1 saturated heterocycles. The van der Waals surface area contributed by atoms with Crippen molar-refractivity contribution in [2.24, 2.45) is 0 Å². The van der Waals surface area contributed by atoms with E-state index in [-0.39, 0.29) is 35.9 Å². The van der Waals surface area contributed by atoms with Crippen LogP contribution in [0.5, 0.6) is 0 Å². The molecule has 1 heterocycles. The Morgan fingerprint density at radius 2 is 1.74 bits per heavy atom. The normalized spacial score (nSPS) is 15.6. The standard InChI is InChI=1S/C18H25FN2O2/c1-18(2,21-11-3-4-12-21)13-20-17(23)10-9-16(22)14-5-7-15(19)8-6-14/h5-8H,3-4,9-13H2,1-2H3,(H,20,23). The maximum Gasteiger partial charge on any atom is 0.220 e. The number of Topliss-reactive ketones (excluding diaryl/α,β-unsaturated/α-hetero) is 1. The van der Waals surface area contributed by atoms with Crippen molar-refractivity contribution in [2.75, 3.05) is 19.6 Å². The number of amides is 1. The highest BCUT2D eigenvalue weighted by molar-refractivity contribution is 5.97. The van der Waals surface area contributed by atoms with Crippen molar-refractivity contribution in [1.29, 1.82) is 0 Å². The minimum atomic E-state index is -0.372. The summed E-state index contributed by atoms with van der Waals surface area (Å²) in [6, 6.07) is 5.41. The van der Waals surface area contributed by atoms with Gasteiger partial charge in [-0.15, -0.1) is 0 Å². The molecule has 4 nitrogen and oxygen atoms in total. The maximum atomic E-state index is 12.8. The number of halogens is 1. The van der Waals surface area contributed by atoms with Crippen molar-refractivity contribution >= 4 is 11.7 Å². The number of nitrogens with zero attached hydrogens (tertiary/aromatic N) is 1. The predicted molar refractivity (Wildman–Crippen MR) is 87.9 cm³/mol. The van der Waals surface area contributed by atoms with E-state index >= 15 is 0 Å². The van der Waals surface area contributed by atoms with Gasteiger partial charge in [0.15, 0.2) is 5.78 Å². The molecule has 1 fully saturated rings. The summed E-state index contributed by atoms with van der Waals surface area (Å²) in [5, 5.41) is 2.92. The van der Waals surface area contributed by atoms with E-state index in [0.29, 0.717) is 12.1 Å². The van der Waals surface area contributed by atoms with Crippen LogP contribution in [0.25, 0.3) is 0 Å². The molecule has 0 radical (unpaired) electrons. The van der Waals surface area contributed by atoms with Crippen LogP contribution < -0.4 is 5.32 Å². The van der Waals surface area contributed by atoms with Crippen LogP contribution in [0, 0.1) is 5.82 Å². The quantitative estimate of drug-likeness (QED) is 0.786. The first-order valence-electron chi connectivity index (χ1n) is 8.19. The summed E-state index contributed by atoms with van der Waals surface area (Å²) in [6.07, 6.45) is 2.72. The lowest BCUT2D eigenvalue weighted by Gasteiger charge is -2.35. The number of hydrogen-bond donors (Lipinski definition) is 1. The molecule has 0 atom stereocenters. The van der Waals surface area contributed by atoms with Gasteiger partial charge in [0.2, 0.25) is 5.91 Å². The van der Waals surface area contributed by atoms with E-state index in [1.807, 2.05) is 0 Å². The van der Waals surface area contributed by atoms with Gasteiger partial charge in [-0.05, 0) is 64.0 Å². The van der Waals surface area contributed by atoms with E-state index < -0.39 is 0 Å². The smallest absolute Gasteiger partial charge is 0.220 e. The van der Waals surface area contributed by atoms with E-state index in [0.717, 1.165) is 13.1 Å². The molecule has 5 heteroatoms. The van der Waals surface area contributed by atoms with Gasteiger partial charge in [0.1, 0.15) is 5.82 Å². The van der Waals surface area contributed by atoms with Crippen LogP contribution in [0.2, 0.25) is 0 Å². The molecule has 0 unspecified atom stereocenters. The van der Waals surface area contributed by atoms with Gasteiger partial charge in [-0.25, -0.2) is 4.39 Å². The third-order valence-corrected chi connectivity index (χ3v) is 4.43. The summed E-state index contributed by atoms with van der Waals surface area (Å²) in [7, 11) is 0. The van der Waals surface area contributed by atoms with Gasteiger partial charge in [-0.2, -0.15) is 0 Å². The van der Waals surface area contributed by atoms with Crippen molar-refractivity contribution in [3.05, 3.63) is 35.6 Å². The number of carbonyl (C=O) groups excluding carboxylic acids is 2. The fourth-order valence-electron chi connectivity index (χ4n) is 2.84. The van der Waals surface area contributed by atoms with Crippen LogP contribution in [0.1, 0.15) is 49.9 Å². The molecule has 1 N–H and O–H groups in total. The molecular weight excluding hydrogens is 295 g/mol. The second kappa shape index (κ2) is 7.68. The van der Waals surface area contributed by atoms with Crippen molar-refractivity contribution in [1.82, 2.24) is 10.2 Å². The van der Waals surface area contributed by atoms with Crippen molar-refractivity contribution < 1.29 is 14.0 Å². The molecular formula is C18H25FN2O2. The second-order valence-corrected chi connectivity index (χ2v) is 6.71. The van der Waals surface area contributed by atoms with Crippen LogP contribution >= 0.6 is 0 Å². The Morgan fingerprint density at radius 1 is 1.13 bits per heavy atom. The van der Waals surface area contributed by atoms with E-state index in [4.69, 9.17) is 0 Å². The molecule has 126 valence electrons. The van der Waals surface area contributed by atoms with Crippen molar-refractivity contribution in [3.63, 3.8) is 0 Å². The Labute approximate surface area is 137 Å². The van der Waals surface area contributed by atoms with Gasteiger partial charge in [0.25, 0.3) is 0 Å². The third kappa shape index (κ3) is 5.13. The molecule has 0 aliphatic carbocycles. The van der Waals surface area contributed by atoms with Crippen LogP contribution in [-0.4, -0.2) is 41.8 Å². The zero-order valence-electron chi connectivity index (χ0n) is 13.9. The first-order chi connectivity index (χ1) is 10.9. The van der Waals surface area contributed by atoms with Crippen LogP contribution in [0.3, 0.4) is 0 Å². The molecule has 1 aliphatic rings. The first kappa shape index (κ1) is 17.6. The molecule has 1 aromatic carbocycles.